The first kappa shape index (κ1) is 17.2. The number of anilines is 1. The van der Waals surface area contributed by atoms with Crippen molar-refractivity contribution in [3.8, 4) is 0 Å². The minimum atomic E-state index is -3.27. The number of benzene rings is 1. The molecule has 0 saturated carbocycles. The van der Waals surface area contributed by atoms with Crippen molar-refractivity contribution in [2.75, 3.05) is 50.3 Å². The number of nitrogens with zero attached hydrogens (tertiary/aromatic N) is 3. The van der Waals surface area contributed by atoms with Gasteiger partial charge in [-0.15, -0.1) is 0 Å². The highest BCUT2D eigenvalue weighted by Crippen LogP contribution is 2.30. The van der Waals surface area contributed by atoms with E-state index in [0.717, 1.165) is 56.7 Å². The minimum absolute atomic E-state index is 0.0459. The van der Waals surface area contributed by atoms with Crippen LogP contribution < -0.4 is 4.31 Å². The van der Waals surface area contributed by atoms with Crippen LogP contribution in [0.4, 0.5) is 5.69 Å². The summed E-state index contributed by atoms with van der Waals surface area (Å²) in [7, 11) is -1.20. The molecule has 2 aliphatic heterocycles. The Kier molecular flexibility index (Phi) is 4.83. The molecular formula is C17H25N3O3S. The molecule has 132 valence electrons. The second kappa shape index (κ2) is 6.72. The van der Waals surface area contributed by atoms with Crippen LogP contribution in [0.25, 0.3) is 0 Å². The maximum atomic E-state index is 12.8. The van der Waals surface area contributed by atoms with Crippen molar-refractivity contribution in [3.63, 3.8) is 0 Å². The van der Waals surface area contributed by atoms with Gasteiger partial charge in [0.2, 0.25) is 10.0 Å². The average Bonchev–Trinajstić information content (AvgIpc) is 2.77. The summed E-state index contributed by atoms with van der Waals surface area (Å²) in [5.74, 6) is 0.0459. The number of hydrogen-bond donors (Lipinski definition) is 0. The second-order valence-electron chi connectivity index (χ2n) is 6.73. The molecular weight excluding hydrogens is 326 g/mol. The Labute approximate surface area is 144 Å². The molecule has 0 radical (unpaired) electrons. The Morgan fingerprint density at radius 1 is 1.04 bits per heavy atom. The van der Waals surface area contributed by atoms with Crippen molar-refractivity contribution in [2.24, 2.45) is 0 Å². The number of amides is 1. The van der Waals surface area contributed by atoms with Gasteiger partial charge >= 0.3 is 0 Å². The van der Waals surface area contributed by atoms with E-state index in [9.17, 15) is 13.2 Å². The van der Waals surface area contributed by atoms with Crippen molar-refractivity contribution in [3.05, 3.63) is 29.3 Å². The van der Waals surface area contributed by atoms with Gasteiger partial charge in [-0.3, -0.25) is 9.10 Å². The molecule has 0 aliphatic carbocycles. The Morgan fingerprint density at radius 2 is 1.83 bits per heavy atom. The summed E-state index contributed by atoms with van der Waals surface area (Å²) in [5, 5.41) is 0. The molecule has 1 fully saturated rings. The van der Waals surface area contributed by atoms with Crippen molar-refractivity contribution in [1.29, 1.82) is 0 Å². The molecule has 1 amide bonds. The van der Waals surface area contributed by atoms with Gasteiger partial charge in [-0.05, 0) is 56.6 Å². The lowest BCUT2D eigenvalue weighted by molar-refractivity contribution is 0.0762. The van der Waals surface area contributed by atoms with Crippen molar-refractivity contribution in [2.45, 2.75) is 19.3 Å². The van der Waals surface area contributed by atoms with E-state index in [1.54, 1.807) is 12.1 Å². The summed E-state index contributed by atoms with van der Waals surface area (Å²) in [6.07, 6.45) is 3.81. The number of hydrogen-bond acceptors (Lipinski definition) is 4. The summed E-state index contributed by atoms with van der Waals surface area (Å²) in [6, 6.07) is 5.43. The average molecular weight is 351 g/mol. The van der Waals surface area contributed by atoms with Gasteiger partial charge in [0, 0.05) is 31.7 Å². The summed E-state index contributed by atoms with van der Waals surface area (Å²) in [5.41, 5.74) is 2.33. The standard InChI is InChI=1S/C17H25N3O3S/c1-18-8-4-9-19(12-11-18)17(21)15-6-7-16-14(13-15)5-3-10-20(16)24(2,22)23/h6-7,13H,3-5,8-12H2,1-2H3. The van der Waals surface area contributed by atoms with E-state index in [-0.39, 0.29) is 5.91 Å². The number of likely N-dealkylation sites (N-methyl/N-ethyl adjacent to an activating group) is 1. The molecule has 0 atom stereocenters. The predicted octanol–water partition coefficient (Wildman–Crippen LogP) is 1.18. The number of sulfonamides is 1. The number of rotatable bonds is 2. The van der Waals surface area contributed by atoms with Gasteiger partial charge in [0.15, 0.2) is 0 Å². The molecule has 0 N–H and O–H groups in total. The van der Waals surface area contributed by atoms with E-state index in [2.05, 4.69) is 11.9 Å². The van der Waals surface area contributed by atoms with Crippen LogP contribution in [0.2, 0.25) is 0 Å². The van der Waals surface area contributed by atoms with Gasteiger partial charge in [0.05, 0.1) is 11.9 Å². The lowest BCUT2D eigenvalue weighted by atomic mass is 10.00. The molecule has 3 rings (SSSR count). The Hall–Kier alpha value is -1.60. The van der Waals surface area contributed by atoms with Crippen LogP contribution in [0.5, 0.6) is 0 Å². The molecule has 2 aliphatic rings. The summed E-state index contributed by atoms with van der Waals surface area (Å²) >= 11 is 0. The monoisotopic (exact) mass is 351 g/mol. The fourth-order valence-corrected chi connectivity index (χ4v) is 4.47. The van der Waals surface area contributed by atoms with E-state index in [1.165, 1.54) is 10.6 Å². The summed E-state index contributed by atoms with van der Waals surface area (Å²) < 4.78 is 25.3. The molecule has 1 aromatic carbocycles. The van der Waals surface area contributed by atoms with Gasteiger partial charge in [0.25, 0.3) is 5.91 Å². The van der Waals surface area contributed by atoms with Crippen LogP contribution in [-0.4, -0.2) is 70.2 Å². The molecule has 0 aromatic heterocycles. The molecule has 2 heterocycles. The van der Waals surface area contributed by atoms with Gasteiger partial charge in [0.1, 0.15) is 0 Å². The lowest BCUT2D eigenvalue weighted by Gasteiger charge is -2.30. The topological polar surface area (TPSA) is 60.9 Å². The minimum Gasteiger partial charge on any atom is -0.337 e. The quantitative estimate of drug-likeness (QED) is 0.803. The third kappa shape index (κ3) is 3.57. The maximum Gasteiger partial charge on any atom is 0.253 e. The third-order valence-electron chi connectivity index (χ3n) is 4.81. The highest BCUT2D eigenvalue weighted by Gasteiger charge is 2.26. The predicted molar refractivity (Wildman–Crippen MR) is 95.0 cm³/mol. The molecule has 6 nitrogen and oxygen atoms in total. The second-order valence-corrected chi connectivity index (χ2v) is 8.64. The summed E-state index contributed by atoms with van der Waals surface area (Å²) in [4.78, 5) is 16.9. The summed E-state index contributed by atoms with van der Waals surface area (Å²) in [6.45, 7) is 3.92. The molecule has 0 spiro atoms. The molecule has 24 heavy (non-hydrogen) atoms. The molecule has 7 heteroatoms. The molecule has 1 aromatic rings. The van der Waals surface area contributed by atoms with Gasteiger partial charge in [-0.1, -0.05) is 0 Å². The van der Waals surface area contributed by atoms with Crippen molar-refractivity contribution >= 4 is 21.6 Å². The number of carbonyl (C=O) groups is 1. The molecule has 0 bridgehead atoms. The van der Waals surface area contributed by atoms with Crippen LogP contribution in [0, 0.1) is 0 Å². The zero-order chi connectivity index (χ0) is 17.3. The fourth-order valence-electron chi connectivity index (χ4n) is 3.47. The SMILES string of the molecule is CN1CCCN(C(=O)c2ccc3c(c2)CCCN3S(C)(=O)=O)CC1. The van der Waals surface area contributed by atoms with E-state index >= 15 is 0 Å². The van der Waals surface area contributed by atoms with Gasteiger partial charge in [-0.2, -0.15) is 0 Å². The first-order valence-electron chi connectivity index (χ1n) is 8.45. The smallest absolute Gasteiger partial charge is 0.253 e. The Balaban J connectivity index is 1.84. The van der Waals surface area contributed by atoms with E-state index in [4.69, 9.17) is 0 Å². The first-order valence-corrected chi connectivity index (χ1v) is 10.3. The Morgan fingerprint density at radius 3 is 2.58 bits per heavy atom. The molecule has 0 unspecified atom stereocenters. The van der Waals surface area contributed by atoms with Crippen LogP contribution >= 0.6 is 0 Å². The maximum absolute atomic E-state index is 12.8. The zero-order valence-electron chi connectivity index (χ0n) is 14.4. The largest absolute Gasteiger partial charge is 0.337 e. The van der Waals surface area contributed by atoms with E-state index in [0.29, 0.717) is 12.1 Å². The van der Waals surface area contributed by atoms with E-state index < -0.39 is 10.0 Å². The van der Waals surface area contributed by atoms with Crippen LogP contribution in [0.15, 0.2) is 18.2 Å². The highest BCUT2D eigenvalue weighted by molar-refractivity contribution is 7.92. The highest BCUT2D eigenvalue weighted by atomic mass is 32.2. The normalized spacial score (nSPS) is 19.8. The zero-order valence-corrected chi connectivity index (χ0v) is 15.2. The Bertz CT molecular complexity index is 733. The van der Waals surface area contributed by atoms with Crippen LogP contribution in [-0.2, 0) is 16.4 Å². The molecule has 1 saturated heterocycles. The number of aryl methyl sites for hydroxylation is 1. The van der Waals surface area contributed by atoms with E-state index in [1.807, 2.05) is 11.0 Å². The van der Waals surface area contributed by atoms with Crippen molar-refractivity contribution < 1.29 is 13.2 Å². The third-order valence-corrected chi connectivity index (χ3v) is 5.99. The van der Waals surface area contributed by atoms with Gasteiger partial charge < -0.3 is 9.80 Å². The van der Waals surface area contributed by atoms with Crippen LogP contribution in [0.1, 0.15) is 28.8 Å². The fraction of sp³-hybridized carbons (Fsp3) is 0.588. The van der Waals surface area contributed by atoms with Gasteiger partial charge in [-0.25, -0.2) is 8.42 Å². The number of carbonyl (C=O) groups excluding carboxylic acids is 1. The van der Waals surface area contributed by atoms with Crippen LogP contribution in [0.3, 0.4) is 0 Å². The first-order chi connectivity index (χ1) is 11.4. The lowest BCUT2D eigenvalue weighted by Crippen LogP contribution is -2.36. The number of fused-ring (bicyclic) bond motifs is 1. The van der Waals surface area contributed by atoms with Crippen molar-refractivity contribution in [1.82, 2.24) is 9.80 Å².